The molecule has 5 nitrogen and oxygen atoms in total. The van der Waals surface area contributed by atoms with Crippen molar-refractivity contribution in [2.24, 2.45) is 5.10 Å². The zero-order valence-corrected chi connectivity index (χ0v) is 16.6. The molecule has 27 heavy (non-hydrogen) atoms. The van der Waals surface area contributed by atoms with Gasteiger partial charge in [-0.3, -0.25) is 4.79 Å². The Bertz CT molecular complexity index is 1000. The smallest absolute Gasteiger partial charge is 0.244 e. The minimum atomic E-state index is -0.189. The summed E-state index contributed by atoms with van der Waals surface area (Å²) in [6.45, 7) is 0. The maximum absolute atomic E-state index is 12.3. The molecule has 3 aromatic carbocycles. The van der Waals surface area contributed by atoms with Crippen molar-refractivity contribution >= 4 is 38.8 Å². The van der Waals surface area contributed by atoms with Crippen molar-refractivity contribution in [3.8, 4) is 11.5 Å². The fraction of sp³-hybridized carbons (Fsp3) is 0.143. The van der Waals surface area contributed by atoms with Gasteiger partial charge in [0.05, 0.1) is 26.9 Å². The standard InChI is InChI=1S/C21H19BrN2O3/c1-26-16-9-7-15(20(12-16)27-2)13-23-24-21(25)11-14-8-10-19(22)18-6-4-3-5-17(14)18/h3-10,12-13H,11H2,1-2H3,(H,24,25)/b23-13+. The third-order valence-corrected chi connectivity index (χ3v) is 4.84. The molecule has 0 aliphatic rings. The lowest BCUT2D eigenvalue weighted by Gasteiger charge is -2.08. The summed E-state index contributed by atoms with van der Waals surface area (Å²) in [6, 6.07) is 17.3. The molecule has 0 saturated heterocycles. The lowest BCUT2D eigenvalue weighted by molar-refractivity contribution is -0.120. The summed E-state index contributed by atoms with van der Waals surface area (Å²) >= 11 is 3.54. The van der Waals surface area contributed by atoms with E-state index in [4.69, 9.17) is 9.47 Å². The van der Waals surface area contributed by atoms with Crippen molar-refractivity contribution in [1.29, 1.82) is 0 Å². The number of nitrogens with one attached hydrogen (secondary N) is 1. The number of carbonyl (C=O) groups excluding carboxylic acids is 1. The molecular weight excluding hydrogens is 408 g/mol. The molecule has 1 N–H and O–H groups in total. The van der Waals surface area contributed by atoms with E-state index in [2.05, 4.69) is 26.5 Å². The molecule has 1 amide bonds. The molecular formula is C21H19BrN2O3. The predicted octanol–water partition coefficient (Wildman–Crippen LogP) is 4.31. The summed E-state index contributed by atoms with van der Waals surface area (Å²) in [4.78, 5) is 12.3. The van der Waals surface area contributed by atoms with Gasteiger partial charge in [0, 0.05) is 16.1 Å². The van der Waals surface area contributed by atoms with Crippen molar-refractivity contribution in [3.63, 3.8) is 0 Å². The van der Waals surface area contributed by atoms with Gasteiger partial charge in [-0.2, -0.15) is 5.10 Å². The number of fused-ring (bicyclic) bond motifs is 1. The Labute approximate surface area is 166 Å². The summed E-state index contributed by atoms with van der Waals surface area (Å²) in [5, 5.41) is 6.17. The highest BCUT2D eigenvalue weighted by molar-refractivity contribution is 9.10. The normalized spacial score (nSPS) is 10.9. The Balaban J connectivity index is 1.71. The first-order valence-corrected chi connectivity index (χ1v) is 9.11. The summed E-state index contributed by atoms with van der Waals surface area (Å²) < 4.78 is 11.5. The van der Waals surface area contributed by atoms with Crippen LogP contribution in [0.15, 0.2) is 64.2 Å². The number of benzene rings is 3. The number of ether oxygens (including phenoxy) is 2. The largest absolute Gasteiger partial charge is 0.497 e. The maximum atomic E-state index is 12.3. The van der Waals surface area contributed by atoms with Gasteiger partial charge < -0.3 is 9.47 Å². The highest BCUT2D eigenvalue weighted by Crippen LogP contribution is 2.27. The molecule has 0 radical (unpaired) electrons. The van der Waals surface area contributed by atoms with Crippen LogP contribution in [-0.2, 0) is 11.2 Å². The van der Waals surface area contributed by atoms with Crippen molar-refractivity contribution in [1.82, 2.24) is 5.43 Å². The van der Waals surface area contributed by atoms with Crippen molar-refractivity contribution in [2.45, 2.75) is 6.42 Å². The van der Waals surface area contributed by atoms with Gasteiger partial charge in [-0.15, -0.1) is 0 Å². The second-order valence-corrected chi connectivity index (χ2v) is 6.68. The van der Waals surface area contributed by atoms with E-state index in [-0.39, 0.29) is 12.3 Å². The van der Waals surface area contributed by atoms with E-state index in [9.17, 15) is 4.79 Å². The minimum Gasteiger partial charge on any atom is -0.497 e. The van der Waals surface area contributed by atoms with E-state index >= 15 is 0 Å². The number of halogens is 1. The fourth-order valence-corrected chi connectivity index (χ4v) is 3.27. The van der Waals surface area contributed by atoms with E-state index < -0.39 is 0 Å². The van der Waals surface area contributed by atoms with Crippen LogP contribution in [0.4, 0.5) is 0 Å². The molecule has 0 unspecified atom stereocenters. The van der Waals surface area contributed by atoms with Crippen LogP contribution in [0.5, 0.6) is 11.5 Å². The molecule has 0 aromatic heterocycles. The second-order valence-electron chi connectivity index (χ2n) is 5.83. The van der Waals surface area contributed by atoms with Gasteiger partial charge >= 0.3 is 0 Å². The van der Waals surface area contributed by atoms with Gasteiger partial charge in [0.1, 0.15) is 11.5 Å². The van der Waals surface area contributed by atoms with Crippen LogP contribution < -0.4 is 14.9 Å². The third-order valence-electron chi connectivity index (χ3n) is 4.15. The van der Waals surface area contributed by atoms with Gasteiger partial charge in [-0.25, -0.2) is 5.43 Å². The summed E-state index contributed by atoms with van der Waals surface area (Å²) in [5.41, 5.74) is 4.26. The maximum Gasteiger partial charge on any atom is 0.244 e. The van der Waals surface area contributed by atoms with Gasteiger partial charge in [-0.05, 0) is 34.5 Å². The van der Waals surface area contributed by atoms with E-state index in [1.165, 1.54) is 0 Å². The van der Waals surface area contributed by atoms with Gasteiger partial charge in [0.25, 0.3) is 0 Å². The number of hydrogen-bond donors (Lipinski definition) is 1. The van der Waals surface area contributed by atoms with E-state index in [1.54, 1.807) is 32.6 Å². The molecule has 3 rings (SSSR count). The lowest BCUT2D eigenvalue weighted by atomic mass is 10.0. The number of carbonyl (C=O) groups is 1. The summed E-state index contributed by atoms with van der Waals surface area (Å²) in [7, 11) is 3.16. The minimum absolute atomic E-state index is 0.189. The van der Waals surface area contributed by atoms with Crippen LogP contribution in [-0.4, -0.2) is 26.3 Å². The average Bonchev–Trinajstić information content (AvgIpc) is 2.70. The fourth-order valence-electron chi connectivity index (χ4n) is 2.79. The molecule has 0 atom stereocenters. The SMILES string of the molecule is COc1ccc(/C=N/NC(=O)Cc2ccc(Br)c3ccccc23)c(OC)c1. The monoisotopic (exact) mass is 426 g/mol. The Hall–Kier alpha value is -2.86. The Kier molecular flexibility index (Phi) is 6.08. The molecule has 0 aliphatic carbocycles. The number of methoxy groups -OCH3 is 2. The van der Waals surface area contributed by atoms with Crippen LogP contribution >= 0.6 is 15.9 Å². The van der Waals surface area contributed by atoms with E-state index in [0.717, 1.165) is 26.4 Å². The predicted molar refractivity (Wildman–Crippen MR) is 111 cm³/mol. The molecule has 3 aromatic rings. The molecule has 0 bridgehead atoms. The number of amides is 1. The van der Waals surface area contributed by atoms with E-state index in [0.29, 0.717) is 11.5 Å². The first kappa shape index (κ1) is 18.9. The quantitative estimate of drug-likeness (QED) is 0.471. The summed E-state index contributed by atoms with van der Waals surface area (Å²) in [5.74, 6) is 1.12. The average molecular weight is 427 g/mol. The number of rotatable bonds is 6. The summed E-state index contributed by atoms with van der Waals surface area (Å²) in [6.07, 6.45) is 1.79. The van der Waals surface area contributed by atoms with Gasteiger partial charge in [0.15, 0.2) is 0 Å². The topological polar surface area (TPSA) is 59.9 Å². The molecule has 0 saturated carbocycles. The number of hydrogen-bond acceptors (Lipinski definition) is 4. The molecule has 0 aliphatic heterocycles. The Morgan fingerprint density at radius 1 is 1.07 bits per heavy atom. The molecule has 0 spiro atoms. The van der Waals surface area contributed by atoms with Crippen molar-refractivity contribution < 1.29 is 14.3 Å². The molecule has 0 fully saturated rings. The van der Waals surface area contributed by atoms with Crippen molar-refractivity contribution in [2.75, 3.05) is 14.2 Å². The number of nitrogens with zero attached hydrogens (tertiary/aromatic N) is 1. The molecule has 6 heteroatoms. The first-order chi connectivity index (χ1) is 13.1. The lowest BCUT2D eigenvalue weighted by Crippen LogP contribution is -2.20. The Morgan fingerprint density at radius 3 is 2.59 bits per heavy atom. The van der Waals surface area contributed by atoms with E-state index in [1.807, 2.05) is 42.5 Å². The molecule has 138 valence electrons. The van der Waals surface area contributed by atoms with Crippen LogP contribution in [0, 0.1) is 0 Å². The van der Waals surface area contributed by atoms with Crippen molar-refractivity contribution in [3.05, 3.63) is 70.2 Å². The third kappa shape index (κ3) is 4.46. The van der Waals surface area contributed by atoms with Crippen LogP contribution in [0.25, 0.3) is 10.8 Å². The zero-order valence-electron chi connectivity index (χ0n) is 15.0. The van der Waals surface area contributed by atoms with Gasteiger partial charge in [0.2, 0.25) is 5.91 Å². The Morgan fingerprint density at radius 2 is 1.85 bits per heavy atom. The highest BCUT2D eigenvalue weighted by atomic mass is 79.9. The molecule has 0 heterocycles. The zero-order chi connectivity index (χ0) is 19.2. The second kappa shape index (κ2) is 8.68. The van der Waals surface area contributed by atoms with Gasteiger partial charge in [-0.1, -0.05) is 46.3 Å². The van der Waals surface area contributed by atoms with Crippen LogP contribution in [0.1, 0.15) is 11.1 Å². The van der Waals surface area contributed by atoms with Crippen LogP contribution in [0.2, 0.25) is 0 Å². The highest BCUT2D eigenvalue weighted by Gasteiger charge is 2.08. The first-order valence-electron chi connectivity index (χ1n) is 8.32. The number of hydrazone groups is 1. The van der Waals surface area contributed by atoms with Crippen LogP contribution in [0.3, 0.4) is 0 Å².